The molecule has 0 spiro atoms. The van der Waals surface area contributed by atoms with Crippen molar-refractivity contribution in [2.24, 2.45) is 5.73 Å². The van der Waals surface area contributed by atoms with Gasteiger partial charge in [-0.1, -0.05) is 12.1 Å². The van der Waals surface area contributed by atoms with Crippen LogP contribution >= 0.6 is 0 Å². The molecule has 0 saturated carbocycles. The molecule has 2 heteroatoms. The number of anilines is 1. The van der Waals surface area contributed by atoms with Crippen molar-refractivity contribution in [3.8, 4) is 0 Å². The maximum absolute atomic E-state index is 5.55. The number of rotatable bonds is 5. The van der Waals surface area contributed by atoms with Gasteiger partial charge in [-0.3, -0.25) is 0 Å². The van der Waals surface area contributed by atoms with Gasteiger partial charge < -0.3 is 10.6 Å². The zero-order chi connectivity index (χ0) is 11.3. The van der Waals surface area contributed by atoms with Crippen LogP contribution in [0.15, 0.2) is 18.2 Å². The van der Waals surface area contributed by atoms with E-state index in [1.807, 2.05) is 0 Å². The second-order valence-corrected chi connectivity index (χ2v) is 3.94. The van der Waals surface area contributed by atoms with E-state index in [4.69, 9.17) is 5.73 Å². The van der Waals surface area contributed by atoms with Crippen LogP contribution < -0.4 is 10.6 Å². The molecular weight excluding hydrogens is 184 g/mol. The molecule has 0 bridgehead atoms. The summed E-state index contributed by atoms with van der Waals surface area (Å²) in [6.45, 7) is 9.41. The van der Waals surface area contributed by atoms with Gasteiger partial charge in [0.25, 0.3) is 0 Å². The van der Waals surface area contributed by atoms with Crippen LogP contribution in [0, 0.1) is 13.8 Å². The van der Waals surface area contributed by atoms with E-state index in [2.05, 4.69) is 43.9 Å². The first-order valence-corrected chi connectivity index (χ1v) is 5.72. The third-order valence-electron chi connectivity index (χ3n) is 2.93. The molecule has 0 aliphatic carbocycles. The van der Waals surface area contributed by atoms with Gasteiger partial charge in [-0.25, -0.2) is 0 Å². The second kappa shape index (κ2) is 5.76. The number of aryl methyl sites for hydroxylation is 1. The van der Waals surface area contributed by atoms with Crippen molar-refractivity contribution in [3.63, 3.8) is 0 Å². The summed E-state index contributed by atoms with van der Waals surface area (Å²) in [5.41, 5.74) is 9.65. The number of hydrogen-bond acceptors (Lipinski definition) is 2. The summed E-state index contributed by atoms with van der Waals surface area (Å²) in [5, 5.41) is 0. The molecule has 15 heavy (non-hydrogen) atoms. The minimum absolute atomic E-state index is 0.765. The first kappa shape index (κ1) is 12.1. The smallest absolute Gasteiger partial charge is 0.0398 e. The van der Waals surface area contributed by atoms with E-state index in [9.17, 15) is 0 Å². The summed E-state index contributed by atoms with van der Waals surface area (Å²) in [5.74, 6) is 0. The Balaban J connectivity index is 2.86. The number of nitrogens with two attached hydrogens (primary N) is 1. The summed E-state index contributed by atoms with van der Waals surface area (Å²) >= 11 is 0. The predicted octanol–water partition coefficient (Wildman–Crippen LogP) is 2.48. The van der Waals surface area contributed by atoms with Crippen LogP contribution in [0.3, 0.4) is 0 Å². The maximum atomic E-state index is 5.55. The molecule has 1 aromatic carbocycles. The fourth-order valence-corrected chi connectivity index (χ4v) is 1.81. The first-order chi connectivity index (χ1) is 7.20. The lowest BCUT2D eigenvalue weighted by Crippen LogP contribution is -2.26. The number of benzene rings is 1. The molecule has 0 radical (unpaired) electrons. The third kappa shape index (κ3) is 2.96. The predicted molar refractivity (Wildman–Crippen MR) is 67.5 cm³/mol. The minimum Gasteiger partial charge on any atom is -0.372 e. The normalized spacial score (nSPS) is 10.4. The Bertz CT molecular complexity index is 307. The van der Waals surface area contributed by atoms with Gasteiger partial charge in [0.2, 0.25) is 0 Å². The molecule has 0 saturated heterocycles. The van der Waals surface area contributed by atoms with Crippen molar-refractivity contribution in [2.75, 3.05) is 24.5 Å². The summed E-state index contributed by atoms with van der Waals surface area (Å²) in [6, 6.07) is 6.49. The molecule has 1 rings (SSSR count). The van der Waals surface area contributed by atoms with E-state index >= 15 is 0 Å². The van der Waals surface area contributed by atoms with E-state index in [1.54, 1.807) is 0 Å². The molecule has 2 nitrogen and oxygen atoms in total. The summed E-state index contributed by atoms with van der Waals surface area (Å²) < 4.78 is 0. The summed E-state index contributed by atoms with van der Waals surface area (Å²) in [6.07, 6.45) is 1.06. The van der Waals surface area contributed by atoms with Gasteiger partial charge in [0.1, 0.15) is 0 Å². The Hall–Kier alpha value is -1.02. The molecular formula is C13H22N2. The lowest BCUT2D eigenvalue weighted by molar-refractivity contribution is 0.752. The lowest BCUT2D eigenvalue weighted by Gasteiger charge is -2.25. The SMILES string of the molecule is CCN(CCCN)c1cccc(C)c1C. The van der Waals surface area contributed by atoms with Crippen LogP contribution in [0.5, 0.6) is 0 Å². The molecule has 2 N–H and O–H groups in total. The first-order valence-electron chi connectivity index (χ1n) is 5.72. The van der Waals surface area contributed by atoms with Crippen molar-refractivity contribution in [3.05, 3.63) is 29.3 Å². The highest BCUT2D eigenvalue weighted by molar-refractivity contribution is 5.55. The molecule has 84 valence electrons. The fraction of sp³-hybridized carbons (Fsp3) is 0.538. The maximum Gasteiger partial charge on any atom is 0.0398 e. The van der Waals surface area contributed by atoms with Crippen LogP contribution in [-0.4, -0.2) is 19.6 Å². The lowest BCUT2D eigenvalue weighted by atomic mass is 10.1. The average Bonchev–Trinajstić information content (AvgIpc) is 2.25. The zero-order valence-corrected chi connectivity index (χ0v) is 10.1. The number of nitrogens with zero attached hydrogens (tertiary/aromatic N) is 1. The van der Waals surface area contributed by atoms with Gasteiger partial charge in [0, 0.05) is 18.8 Å². The molecule has 1 aromatic rings. The third-order valence-corrected chi connectivity index (χ3v) is 2.93. The van der Waals surface area contributed by atoms with Crippen molar-refractivity contribution in [2.45, 2.75) is 27.2 Å². The van der Waals surface area contributed by atoms with Crippen molar-refractivity contribution in [1.82, 2.24) is 0 Å². The molecule has 0 heterocycles. The van der Waals surface area contributed by atoms with E-state index in [-0.39, 0.29) is 0 Å². The molecule has 0 atom stereocenters. The Labute approximate surface area is 93.1 Å². The van der Waals surface area contributed by atoms with Gasteiger partial charge in [-0.05, 0) is 50.9 Å². The van der Waals surface area contributed by atoms with E-state index in [1.165, 1.54) is 16.8 Å². The van der Waals surface area contributed by atoms with Crippen molar-refractivity contribution >= 4 is 5.69 Å². The van der Waals surface area contributed by atoms with E-state index in [0.717, 1.165) is 26.1 Å². The molecule has 0 aliphatic heterocycles. The Morgan fingerprint density at radius 1 is 1.27 bits per heavy atom. The molecule has 0 aliphatic rings. The van der Waals surface area contributed by atoms with Crippen LogP contribution in [0.2, 0.25) is 0 Å². The largest absolute Gasteiger partial charge is 0.372 e. The summed E-state index contributed by atoms with van der Waals surface area (Å²) in [7, 11) is 0. The quantitative estimate of drug-likeness (QED) is 0.802. The molecule has 0 aromatic heterocycles. The second-order valence-electron chi connectivity index (χ2n) is 3.94. The van der Waals surface area contributed by atoms with Crippen LogP contribution in [0.25, 0.3) is 0 Å². The fourth-order valence-electron chi connectivity index (χ4n) is 1.81. The van der Waals surface area contributed by atoms with Gasteiger partial charge in [0.15, 0.2) is 0 Å². The highest BCUT2D eigenvalue weighted by Crippen LogP contribution is 2.22. The highest BCUT2D eigenvalue weighted by atomic mass is 15.1. The Morgan fingerprint density at radius 2 is 2.00 bits per heavy atom. The van der Waals surface area contributed by atoms with E-state index in [0.29, 0.717) is 0 Å². The highest BCUT2D eigenvalue weighted by Gasteiger charge is 2.07. The Kier molecular flexibility index (Phi) is 4.63. The van der Waals surface area contributed by atoms with Gasteiger partial charge >= 0.3 is 0 Å². The Morgan fingerprint density at radius 3 is 2.60 bits per heavy atom. The number of hydrogen-bond donors (Lipinski definition) is 1. The summed E-state index contributed by atoms with van der Waals surface area (Å²) in [4.78, 5) is 2.40. The average molecular weight is 206 g/mol. The van der Waals surface area contributed by atoms with Crippen LogP contribution in [-0.2, 0) is 0 Å². The zero-order valence-electron chi connectivity index (χ0n) is 10.1. The van der Waals surface area contributed by atoms with Gasteiger partial charge in [0.05, 0.1) is 0 Å². The molecule has 0 amide bonds. The minimum atomic E-state index is 0.765. The molecule has 0 unspecified atom stereocenters. The van der Waals surface area contributed by atoms with E-state index < -0.39 is 0 Å². The van der Waals surface area contributed by atoms with Gasteiger partial charge in [-0.2, -0.15) is 0 Å². The molecule has 0 fully saturated rings. The monoisotopic (exact) mass is 206 g/mol. The van der Waals surface area contributed by atoms with Crippen LogP contribution in [0.1, 0.15) is 24.5 Å². The van der Waals surface area contributed by atoms with Crippen molar-refractivity contribution < 1.29 is 0 Å². The topological polar surface area (TPSA) is 29.3 Å². The van der Waals surface area contributed by atoms with Crippen molar-refractivity contribution in [1.29, 1.82) is 0 Å². The van der Waals surface area contributed by atoms with Crippen LogP contribution in [0.4, 0.5) is 5.69 Å². The van der Waals surface area contributed by atoms with Gasteiger partial charge in [-0.15, -0.1) is 0 Å². The standard InChI is InChI=1S/C13H22N2/c1-4-15(10-6-9-14)13-8-5-7-11(2)12(13)3/h5,7-8H,4,6,9-10,14H2,1-3H3.